The van der Waals surface area contributed by atoms with Crippen molar-refractivity contribution in [3.63, 3.8) is 0 Å². The van der Waals surface area contributed by atoms with E-state index in [0.29, 0.717) is 45.5 Å². The van der Waals surface area contributed by atoms with Crippen LogP contribution in [0.4, 0.5) is 10.0 Å². The third-order valence-corrected chi connectivity index (χ3v) is 12.4. The van der Waals surface area contributed by atoms with Gasteiger partial charge in [-0.2, -0.15) is 0 Å². The summed E-state index contributed by atoms with van der Waals surface area (Å²) in [5.74, 6) is 0.00101. The Labute approximate surface area is 369 Å². The van der Waals surface area contributed by atoms with Crippen molar-refractivity contribution in [2.45, 2.75) is 62.3 Å². The van der Waals surface area contributed by atoms with Gasteiger partial charge in [0.05, 0.1) is 27.1 Å². The highest BCUT2D eigenvalue weighted by Gasteiger charge is 2.26. The molecule has 15 heteroatoms. The number of aryl methyl sites for hydroxylation is 1. The van der Waals surface area contributed by atoms with Crippen LogP contribution >= 0.6 is 38.6 Å². The van der Waals surface area contributed by atoms with Crippen LogP contribution in [0.5, 0.6) is 11.5 Å². The molecule has 2 heterocycles. The van der Waals surface area contributed by atoms with Gasteiger partial charge in [-0.3, -0.25) is 9.59 Å². The number of halogens is 1. The maximum Gasteiger partial charge on any atom is 0.341 e. The number of likely N-dealkylation sites (N-methyl/N-ethyl adjacent to an activating group) is 2. The number of esters is 2. The number of ether oxygens (including phenoxy) is 4. The number of hydrogen-bond acceptors (Lipinski definition) is 12. The third kappa shape index (κ3) is 12.3. The van der Waals surface area contributed by atoms with Gasteiger partial charge in [0.15, 0.2) is 5.75 Å². The molecule has 324 valence electrons. The third-order valence-electron chi connectivity index (χ3n) is 9.57. The number of rotatable bonds is 19. The van der Waals surface area contributed by atoms with Crippen LogP contribution in [0.15, 0.2) is 53.0 Å². The van der Waals surface area contributed by atoms with E-state index in [4.69, 9.17) is 18.9 Å². The first-order valence-corrected chi connectivity index (χ1v) is 22.8. The summed E-state index contributed by atoms with van der Waals surface area (Å²) in [6.45, 7) is 23.9. The van der Waals surface area contributed by atoms with Gasteiger partial charge in [0.25, 0.3) is 0 Å². The predicted octanol–water partition coefficient (Wildman–Crippen LogP) is 10.3. The summed E-state index contributed by atoms with van der Waals surface area (Å²) in [7, 11) is 0. The maximum atomic E-state index is 12.8. The number of nitrogens with zero attached hydrogens (tertiary/aromatic N) is 2. The number of nitrogens with one attached hydrogen (secondary N) is 2. The average Bonchev–Trinajstić information content (AvgIpc) is 3.77. The zero-order valence-electron chi connectivity index (χ0n) is 36.0. The number of carbonyl (C=O) groups is 4. The van der Waals surface area contributed by atoms with Crippen molar-refractivity contribution in [1.29, 1.82) is 0 Å². The van der Waals surface area contributed by atoms with E-state index < -0.39 is 11.9 Å². The second-order valence-corrected chi connectivity index (χ2v) is 16.5. The van der Waals surface area contributed by atoms with Crippen LogP contribution in [0.2, 0.25) is 0 Å². The zero-order chi connectivity index (χ0) is 43.9. The zero-order valence-corrected chi connectivity index (χ0v) is 39.3. The van der Waals surface area contributed by atoms with Crippen molar-refractivity contribution >= 4 is 92.5 Å². The van der Waals surface area contributed by atoms with Gasteiger partial charge < -0.3 is 39.4 Å². The molecule has 0 fully saturated rings. The van der Waals surface area contributed by atoms with Gasteiger partial charge in [0.2, 0.25) is 11.8 Å². The predicted molar refractivity (Wildman–Crippen MR) is 249 cm³/mol. The topological polar surface area (TPSA) is 136 Å². The molecule has 0 spiro atoms. The van der Waals surface area contributed by atoms with Gasteiger partial charge in [-0.25, -0.2) is 9.59 Å². The van der Waals surface area contributed by atoms with E-state index in [9.17, 15) is 19.2 Å². The normalized spacial score (nSPS) is 11.1. The first kappa shape index (κ1) is 48.1. The van der Waals surface area contributed by atoms with E-state index in [0.717, 1.165) is 75.4 Å². The van der Waals surface area contributed by atoms with E-state index >= 15 is 0 Å². The van der Waals surface area contributed by atoms with E-state index in [-0.39, 0.29) is 25.0 Å². The number of thiophene rings is 2. The molecule has 0 unspecified atom stereocenters. The van der Waals surface area contributed by atoms with Gasteiger partial charge in [-0.1, -0.05) is 69.7 Å². The molecule has 0 aliphatic rings. The molecule has 5 rings (SSSR count). The first-order chi connectivity index (χ1) is 28.8. The van der Waals surface area contributed by atoms with Crippen LogP contribution in [0.1, 0.15) is 81.7 Å². The van der Waals surface area contributed by atoms with Crippen molar-refractivity contribution in [1.82, 2.24) is 9.80 Å². The number of benzene rings is 3. The fourth-order valence-corrected chi connectivity index (χ4v) is 9.48. The first-order valence-electron chi connectivity index (χ1n) is 20.3. The fourth-order valence-electron chi connectivity index (χ4n) is 6.43. The molecule has 60 heavy (non-hydrogen) atoms. The molecule has 3 aromatic carbocycles. The largest absolute Gasteiger partial charge is 0.490 e. The average molecular weight is 926 g/mol. The number of hydrogen-bond donors (Lipinski definition) is 2. The van der Waals surface area contributed by atoms with Crippen LogP contribution in [0, 0.1) is 6.92 Å². The molecule has 5 aromatic rings. The molecule has 0 radical (unpaired) electrons. The monoisotopic (exact) mass is 924 g/mol. The number of fused-ring (bicyclic) bond motifs is 2. The van der Waals surface area contributed by atoms with Gasteiger partial charge in [-0.15, -0.1) is 22.7 Å². The van der Waals surface area contributed by atoms with E-state index in [2.05, 4.69) is 95.2 Å². The summed E-state index contributed by atoms with van der Waals surface area (Å²) in [5, 5.41) is 7.93. The highest BCUT2D eigenvalue weighted by atomic mass is 79.9. The standard InChI is InChI=1S/C26H32N2O4S.C19H25BrN2O4S/c1-6-28(7-2)15-16-32-23-20(19-11-9-17(4)10-12-19)13-14-21-22(26(30)31-8-3)25(27-18(5)29)33-24(21)23;1-5-22(6-2)10-11-26-16-14(20)9-8-13-15(19(24)25-7-3)18(21-12(4)23)27-17(13)16/h9-14H,6-8,15-16H2,1-5H3,(H,27,29);8-9H,5-7,10-11H2,1-4H3,(H,21,23). The number of anilines is 2. The highest BCUT2D eigenvalue weighted by Crippen LogP contribution is 2.47. The van der Waals surface area contributed by atoms with Gasteiger partial charge >= 0.3 is 11.9 Å². The van der Waals surface area contributed by atoms with Gasteiger partial charge in [0, 0.05) is 43.3 Å². The van der Waals surface area contributed by atoms with E-state index in [1.165, 1.54) is 42.1 Å². The SMILES string of the molecule is CCOC(=O)c1c(NC(C)=O)sc2c(OCCN(CC)CC)c(-c3ccc(C)cc3)ccc12.CCOC(=O)c1c(NC(C)=O)sc2c(OCCN(CC)CC)c(Br)ccc12. The smallest absolute Gasteiger partial charge is 0.341 e. The maximum absolute atomic E-state index is 12.8. The molecule has 0 saturated carbocycles. The molecule has 2 amide bonds. The lowest BCUT2D eigenvalue weighted by Crippen LogP contribution is -2.28. The minimum Gasteiger partial charge on any atom is -0.490 e. The Morgan fingerprint density at radius 2 is 1.05 bits per heavy atom. The Morgan fingerprint density at radius 3 is 1.48 bits per heavy atom. The molecule has 0 saturated heterocycles. The molecule has 0 aliphatic carbocycles. The number of carbonyl (C=O) groups excluding carboxylic acids is 4. The minimum absolute atomic E-state index is 0.241. The lowest BCUT2D eigenvalue weighted by molar-refractivity contribution is -0.115. The lowest BCUT2D eigenvalue weighted by Gasteiger charge is -2.19. The molecule has 0 aliphatic heterocycles. The summed E-state index contributed by atoms with van der Waals surface area (Å²) in [5.41, 5.74) is 3.90. The quantitative estimate of drug-likeness (QED) is 0.0771. The Kier molecular flexibility index (Phi) is 18.8. The van der Waals surface area contributed by atoms with Crippen molar-refractivity contribution < 1.29 is 38.1 Å². The van der Waals surface area contributed by atoms with Crippen molar-refractivity contribution in [3.8, 4) is 22.6 Å². The molecule has 0 atom stereocenters. The van der Waals surface area contributed by atoms with Gasteiger partial charge in [0.1, 0.15) is 40.1 Å². The second kappa shape index (κ2) is 23.5. The van der Waals surface area contributed by atoms with Crippen LogP contribution in [-0.2, 0) is 19.1 Å². The van der Waals surface area contributed by atoms with Crippen molar-refractivity contribution in [2.75, 3.05) is 76.3 Å². The lowest BCUT2D eigenvalue weighted by atomic mass is 10.0. The van der Waals surface area contributed by atoms with E-state index in [1.54, 1.807) is 13.8 Å². The minimum atomic E-state index is -0.455. The molecule has 12 nitrogen and oxygen atoms in total. The van der Waals surface area contributed by atoms with Crippen molar-refractivity contribution in [3.05, 3.63) is 69.7 Å². The Bertz CT molecular complexity index is 2250. The van der Waals surface area contributed by atoms with Crippen LogP contribution in [0.25, 0.3) is 31.3 Å². The Balaban J connectivity index is 0.000000270. The fraction of sp³-hybridized carbons (Fsp3) is 0.422. The summed E-state index contributed by atoms with van der Waals surface area (Å²) >= 11 is 6.20. The molecular weight excluding hydrogens is 869 g/mol. The van der Waals surface area contributed by atoms with Gasteiger partial charge in [-0.05, 0) is 80.6 Å². The molecular formula is C45H57BrN4O8S2. The second-order valence-electron chi connectivity index (χ2n) is 13.6. The molecule has 0 bridgehead atoms. The van der Waals surface area contributed by atoms with Crippen LogP contribution in [-0.4, -0.2) is 99.2 Å². The van der Waals surface area contributed by atoms with Crippen molar-refractivity contribution in [2.24, 2.45) is 0 Å². The Morgan fingerprint density at radius 1 is 0.617 bits per heavy atom. The van der Waals surface area contributed by atoms with Crippen LogP contribution in [0.3, 0.4) is 0 Å². The molecule has 2 N–H and O–H groups in total. The highest BCUT2D eigenvalue weighted by molar-refractivity contribution is 9.10. The Hall–Kier alpha value is -4.54. The summed E-state index contributed by atoms with van der Waals surface area (Å²) in [4.78, 5) is 53.3. The summed E-state index contributed by atoms with van der Waals surface area (Å²) < 4.78 is 25.3. The van der Waals surface area contributed by atoms with E-state index in [1.807, 2.05) is 24.3 Å². The summed E-state index contributed by atoms with van der Waals surface area (Å²) in [6, 6.07) is 15.9. The molecule has 2 aromatic heterocycles. The van der Waals surface area contributed by atoms with Crippen LogP contribution < -0.4 is 20.1 Å². The number of amides is 2. The summed E-state index contributed by atoms with van der Waals surface area (Å²) in [6.07, 6.45) is 0.